The van der Waals surface area contributed by atoms with Gasteiger partial charge in [0.05, 0.1) is 23.4 Å². The van der Waals surface area contributed by atoms with E-state index >= 15 is 0 Å². The van der Waals surface area contributed by atoms with Crippen LogP contribution in [0.2, 0.25) is 0 Å². The number of ether oxygens (including phenoxy) is 1. The molecule has 0 radical (unpaired) electrons. The molecule has 0 aliphatic heterocycles. The molecule has 3 heterocycles. The fourth-order valence-electron chi connectivity index (χ4n) is 2.87. The van der Waals surface area contributed by atoms with Crippen LogP contribution in [-0.4, -0.2) is 27.7 Å². The Kier molecular flexibility index (Phi) is 3.82. The molecule has 0 fully saturated rings. The molecule has 0 spiro atoms. The molecule has 0 N–H and O–H groups in total. The normalized spacial score (nSPS) is 11.0. The summed E-state index contributed by atoms with van der Waals surface area (Å²) in [5, 5.41) is 6.52. The topological polar surface area (TPSA) is 56.5 Å². The number of esters is 1. The van der Waals surface area contributed by atoms with Crippen molar-refractivity contribution in [2.75, 3.05) is 7.11 Å². The zero-order valence-corrected chi connectivity index (χ0v) is 14.6. The maximum absolute atomic E-state index is 12.3. The predicted octanol–water partition coefficient (Wildman–Crippen LogP) is 4.22. The predicted molar refractivity (Wildman–Crippen MR) is 97.8 cm³/mol. The Morgan fingerprint density at radius 3 is 2.64 bits per heavy atom. The molecular weight excluding hydrogens is 334 g/mol. The molecular formula is C19H15N3O2S. The van der Waals surface area contributed by atoms with Gasteiger partial charge in [0, 0.05) is 5.56 Å². The van der Waals surface area contributed by atoms with E-state index in [-0.39, 0.29) is 0 Å². The first-order chi connectivity index (χ1) is 12.2. The van der Waals surface area contributed by atoms with Gasteiger partial charge in [0.1, 0.15) is 0 Å². The van der Waals surface area contributed by atoms with Gasteiger partial charge in [-0.1, -0.05) is 36.4 Å². The zero-order chi connectivity index (χ0) is 17.4. The lowest BCUT2D eigenvalue weighted by molar-refractivity contribution is 0.0590. The molecule has 1 aromatic carbocycles. The van der Waals surface area contributed by atoms with Gasteiger partial charge in [0.2, 0.25) is 0 Å². The molecule has 6 heteroatoms. The number of methoxy groups -OCH3 is 1. The Labute approximate surface area is 148 Å². The molecule has 0 unspecified atom stereocenters. The van der Waals surface area contributed by atoms with Crippen molar-refractivity contribution >= 4 is 23.0 Å². The summed E-state index contributed by atoms with van der Waals surface area (Å²) in [6.45, 7) is 1.92. The van der Waals surface area contributed by atoms with Crippen LogP contribution in [0.25, 0.3) is 27.3 Å². The van der Waals surface area contributed by atoms with Crippen molar-refractivity contribution < 1.29 is 9.53 Å². The van der Waals surface area contributed by atoms with E-state index < -0.39 is 5.97 Å². The van der Waals surface area contributed by atoms with Crippen LogP contribution in [0.4, 0.5) is 0 Å². The summed E-state index contributed by atoms with van der Waals surface area (Å²) in [5.74, 6) is -0.438. The molecule has 4 rings (SSSR count). The van der Waals surface area contributed by atoms with Gasteiger partial charge in [-0.2, -0.15) is 5.10 Å². The quantitative estimate of drug-likeness (QED) is 0.520. The first-order valence-electron chi connectivity index (χ1n) is 7.77. The van der Waals surface area contributed by atoms with Crippen LogP contribution in [0.5, 0.6) is 0 Å². The summed E-state index contributed by atoms with van der Waals surface area (Å²) in [6.07, 6.45) is 0. The van der Waals surface area contributed by atoms with Gasteiger partial charge in [-0.05, 0) is 30.0 Å². The third kappa shape index (κ3) is 2.60. The first-order valence-corrected chi connectivity index (χ1v) is 8.65. The van der Waals surface area contributed by atoms with Crippen LogP contribution in [0.15, 0.2) is 53.9 Å². The Bertz CT molecular complexity index is 1050. The smallest absolute Gasteiger partial charge is 0.356 e. The van der Waals surface area contributed by atoms with Crippen LogP contribution in [0.1, 0.15) is 16.2 Å². The van der Waals surface area contributed by atoms with E-state index in [2.05, 4.69) is 5.10 Å². The Hall–Kier alpha value is -2.99. The van der Waals surface area contributed by atoms with E-state index in [0.29, 0.717) is 11.3 Å². The van der Waals surface area contributed by atoms with Crippen LogP contribution < -0.4 is 0 Å². The number of fused-ring (bicyclic) bond motifs is 1. The fraction of sp³-hybridized carbons (Fsp3) is 0.105. The van der Waals surface area contributed by atoms with Crippen molar-refractivity contribution in [1.82, 2.24) is 14.6 Å². The fourth-order valence-corrected chi connectivity index (χ4v) is 3.55. The highest BCUT2D eigenvalue weighted by Crippen LogP contribution is 2.31. The molecule has 5 nitrogen and oxygen atoms in total. The second-order valence-electron chi connectivity index (χ2n) is 5.56. The number of thiophene rings is 1. The van der Waals surface area contributed by atoms with Crippen LogP contribution in [-0.2, 0) is 4.74 Å². The molecule has 0 saturated carbocycles. The number of rotatable bonds is 3. The van der Waals surface area contributed by atoms with Gasteiger partial charge < -0.3 is 4.74 Å². The Balaban J connectivity index is 2.06. The molecule has 0 bridgehead atoms. The van der Waals surface area contributed by atoms with Crippen molar-refractivity contribution in [2.24, 2.45) is 0 Å². The largest absolute Gasteiger partial charge is 0.464 e. The third-order valence-corrected chi connectivity index (χ3v) is 4.89. The average molecular weight is 349 g/mol. The van der Waals surface area contributed by atoms with E-state index in [0.717, 1.165) is 27.4 Å². The summed E-state index contributed by atoms with van der Waals surface area (Å²) in [6, 6.07) is 15.6. The second-order valence-corrected chi connectivity index (χ2v) is 6.51. The van der Waals surface area contributed by atoms with Gasteiger partial charge in [-0.25, -0.2) is 14.3 Å². The van der Waals surface area contributed by atoms with Gasteiger partial charge in [0.15, 0.2) is 11.3 Å². The van der Waals surface area contributed by atoms with Crippen molar-refractivity contribution in [3.8, 4) is 21.7 Å². The summed E-state index contributed by atoms with van der Waals surface area (Å²) >= 11 is 1.58. The van der Waals surface area contributed by atoms with Crippen molar-refractivity contribution in [3.63, 3.8) is 0 Å². The van der Waals surface area contributed by atoms with Gasteiger partial charge >= 0.3 is 5.97 Å². The molecule has 3 aromatic heterocycles. The van der Waals surface area contributed by atoms with Gasteiger partial charge in [0.25, 0.3) is 0 Å². The minimum absolute atomic E-state index is 0.362. The lowest BCUT2D eigenvalue weighted by Crippen LogP contribution is -2.10. The number of carbonyl (C=O) groups is 1. The number of carbonyl (C=O) groups excluding carboxylic acids is 1. The number of nitrogens with zero attached hydrogens (tertiary/aromatic N) is 3. The standard InChI is InChI=1S/C19H15N3O2S/c1-12-17(13-7-4-3-5-8-13)18-20-14(16-9-6-10-25-16)11-15(19(23)24-2)22(18)21-12/h3-11H,1-2H3. The van der Waals surface area contributed by atoms with E-state index in [1.54, 1.807) is 21.9 Å². The maximum Gasteiger partial charge on any atom is 0.356 e. The van der Waals surface area contributed by atoms with Crippen LogP contribution in [0, 0.1) is 6.92 Å². The van der Waals surface area contributed by atoms with E-state index in [4.69, 9.17) is 9.72 Å². The highest BCUT2D eigenvalue weighted by Gasteiger charge is 2.21. The molecule has 4 aromatic rings. The monoisotopic (exact) mass is 349 g/mol. The summed E-state index contributed by atoms with van der Waals surface area (Å²) in [7, 11) is 1.37. The van der Waals surface area contributed by atoms with Crippen molar-refractivity contribution in [2.45, 2.75) is 6.92 Å². The van der Waals surface area contributed by atoms with Crippen molar-refractivity contribution in [1.29, 1.82) is 0 Å². The van der Waals surface area contributed by atoms with Crippen LogP contribution >= 0.6 is 11.3 Å². The highest BCUT2D eigenvalue weighted by atomic mass is 32.1. The lowest BCUT2D eigenvalue weighted by Gasteiger charge is -2.06. The Morgan fingerprint density at radius 2 is 1.96 bits per heavy atom. The molecule has 25 heavy (non-hydrogen) atoms. The minimum Gasteiger partial charge on any atom is -0.464 e. The van der Waals surface area contributed by atoms with Gasteiger partial charge in [-0.3, -0.25) is 0 Å². The second kappa shape index (κ2) is 6.14. The highest BCUT2D eigenvalue weighted by molar-refractivity contribution is 7.13. The molecule has 0 saturated heterocycles. The van der Waals surface area contributed by atoms with Crippen LogP contribution in [0.3, 0.4) is 0 Å². The lowest BCUT2D eigenvalue weighted by atomic mass is 10.1. The molecule has 0 aliphatic rings. The number of aryl methyl sites for hydroxylation is 1. The number of benzene rings is 1. The van der Waals surface area contributed by atoms with E-state index in [1.165, 1.54) is 7.11 Å². The number of hydrogen-bond acceptors (Lipinski definition) is 5. The zero-order valence-electron chi connectivity index (χ0n) is 13.8. The first kappa shape index (κ1) is 15.5. The summed E-state index contributed by atoms with van der Waals surface area (Å²) < 4.78 is 6.52. The molecule has 0 aliphatic carbocycles. The summed E-state index contributed by atoms with van der Waals surface area (Å²) in [5.41, 5.74) is 4.49. The molecule has 124 valence electrons. The maximum atomic E-state index is 12.3. The third-order valence-electron chi connectivity index (χ3n) is 3.99. The minimum atomic E-state index is -0.438. The molecule has 0 amide bonds. The Morgan fingerprint density at radius 1 is 1.16 bits per heavy atom. The number of aromatic nitrogens is 3. The average Bonchev–Trinajstić information content (AvgIpc) is 3.28. The number of hydrogen-bond donors (Lipinski definition) is 0. The SMILES string of the molecule is COC(=O)c1cc(-c2cccs2)nc2c(-c3ccccc3)c(C)nn12. The summed E-state index contributed by atoms with van der Waals surface area (Å²) in [4.78, 5) is 18.1. The van der Waals surface area contributed by atoms with Gasteiger partial charge in [-0.15, -0.1) is 11.3 Å². The van der Waals surface area contributed by atoms with E-state index in [1.807, 2.05) is 54.8 Å². The van der Waals surface area contributed by atoms with E-state index in [9.17, 15) is 4.79 Å². The molecule has 0 atom stereocenters. The van der Waals surface area contributed by atoms with Crippen molar-refractivity contribution in [3.05, 3.63) is 65.3 Å².